The minimum atomic E-state index is -0.104. The summed E-state index contributed by atoms with van der Waals surface area (Å²) < 4.78 is 5.46. The lowest BCUT2D eigenvalue weighted by Gasteiger charge is -2.15. The number of thiophene rings is 1. The Morgan fingerprint density at radius 2 is 1.73 bits per heavy atom. The number of para-hydroxylation sites is 1. The van der Waals surface area contributed by atoms with E-state index in [0.717, 1.165) is 29.3 Å². The van der Waals surface area contributed by atoms with E-state index in [1.807, 2.05) is 85.4 Å². The van der Waals surface area contributed by atoms with E-state index >= 15 is 0 Å². The lowest BCUT2D eigenvalue weighted by molar-refractivity contribution is 0.0943. The van der Waals surface area contributed by atoms with Gasteiger partial charge in [-0.15, -0.1) is 11.3 Å². The van der Waals surface area contributed by atoms with Gasteiger partial charge in [-0.3, -0.25) is 19.2 Å². The van der Waals surface area contributed by atoms with Gasteiger partial charge in [0, 0.05) is 35.4 Å². The maximum Gasteiger partial charge on any atom is 0.295 e. The fourth-order valence-corrected chi connectivity index (χ4v) is 5.38. The quantitative estimate of drug-likeness (QED) is 0.378. The number of hydrogen-bond donors (Lipinski definition) is 0. The zero-order valence-corrected chi connectivity index (χ0v) is 20.9. The van der Waals surface area contributed by atoms with Crippen molar-refractivity contribution in [1.82, 2.24) is 18.8 Å². The molecule has 0 bridgehead atoms. The second-order valence-electron chi connectivity index (χ2n) is 8.65. The number of rotatable bonds is 7. The molecule has 0 radical (unpaired) electrons. The van der Waals surface area contributed by atoms with Crippen LogP contribution in [0, 0.1) is 27.7 Å². The van der Waals surface area contributed by atoms with Crippen LogP contribution in [0.4, 0.5) is 0 Å². The maximum absolute atomic E-state index is 13.5. The van der Waals surface area contributed by atoms with E-state index in [2.05, 4.69) is 18.4 Å². The molecule has 0 atom stereocenters. The van der Waals surface area contributed by atoms with Crippen molar-refractivity contribution in [3.63, 3.8) is 0 Å². The molecule has 3 heterocycles. The monoisotopic (exact) mass is 462 g/mol. The minimum Gasteiger partial charge on any atom is -0.311 e. The average Bonchev–Trinajstić information content (AvgIpc) is 3.38. The number of aryl methyl sites for hydroxylation is 2. The molecule has 0 N–H and O–H groups in total. The molecular weight excluding hydrogens is 432 g/mol. The van der Waals surface area contributed by atoms with Crippen LogP contribution < -0.4 is 5.56 Å². The second-order valence-corrected chi connectivity index (χ2v) is 9.65. The number of aromatic nitrogens is 3. The van der Waals surface area contributed by atoms with Crippen molar-refractivity contribution in [1.29, 1.82) is 0 Å². The highest BCUT2D eigenvalue weighted by molar-refractivity contribution is 7.10. The van der Waals surface area contributed by atoms with Crippen LogP contribution in [0.2, 0.25) is 0 Å². The van der Waals surface area contributed by atoms with Gasteiger partial charge in [0.1, 0.15) is 5.69 Å². The van der Waals surface area contributed by atoms with Crippen molar-refractivity contribution in [2.45, 2.75) is 34.2 Å². The number of carbonyl (C=O) groups excluding carboxylic acids is 1. The Balaban J connectivity index is 1.68. The Kier molecular flexibility index (Phi) is 6.28. The summed E-state index contributed by atoms with van der Waals surface area (Å²) in [6, 6.07) is 13.6. The van der Waals surface area contributed by atoms with Crippen molar-refractivity contribution in [3.05, 3.63) is 91.3 Å². The molecule has 6 nitrogen and oxygen atoms in total. The highest BCUT2D eigenvalue weighted by Gasteiger charge is 2.24. The number of hydrogen-bond acceptors (Lipinski definition) is 4. The molecule has 0 aliphatic carbocycles. The van der Waals surface area contributed by atoms with Crippen LogP contribution in [-0.2, 0) is 13.6 Å². The van der Waals surface area contributed by atoms with Crippen LogP contribution in [0.1, 0.15) is 37.9 Å². The maximum atomic E-state index is 13.5. The number of ketones is 1. The van der Waals surface area contributed by atoms with E-state index < -0.39 is 0 Å². The molecule has 33 heavy (non-hydrogen) atoms. The third kappa shape index (κ3) is 4.14. The predicted molar refractivity (Wildman–Crippen MR) is 134 cm³/mol. The van der Waals surface area contributed by atoms with Crippen LogP contribution >= 0.6 is 11.3 Å². The van der Waals surface area contributed by atoms with Gasteiger partial charge in [-0.1, -0.05) is 18.2 Å². The highest BCUT2D eigenvalue weighted by atomic mass is 32.1. The summed E-state index contributed by atoms with van der Waals surface area (Å²) in [5, 5.41) is 2.08. The molecule has 0 unspecified atom stereocenters. The van der Waals surface area contributed by atoms with Gasteiger partial charge in [-0.25, -0.2) is 4.68 Å². The lowest BCUT2D eigenvalue weighted by atomic mass is 10.1. The van der Waals surface area contributed by atoms with Crippen LogP contribution in [-0.4, -0.2) is 38.2 Å². The normalized spacial score (nSPS) is 11.5. The van der Waals surface area contributed by atoms with Crippen molar-refractivity contribution < 1.29 is 4.79 Å². The molecule has 0 aliphatic heterocycles. The summed E-state index contributed by atoms with van der Waals surface area (Å²) >= 11 is 1.72. The fourth-order valence-electron chi connectivity index (χ4n) is 4.40. The molecule has 172 valence electrons. The van der Waals surface area contributed by atoms with Gasteiger partial charge >= 0.3 is 0 Å². The van der Waals surface area contributed by atoms with E-state index in [9.17, 15) is 9.59 Å². The largest absolute Gasteiger partial charge is 0.311 e. The Bertz CT molecular complexity index is 1370. The molecule has 4 rings (SSSR count). The number of carbonyl (C=O) groups is 1. The molecule has 0 fully saturated rings. The predicted octanol–water partition coefficient (Wildman–Crippen LogP) is 4.58. The first-order valence-corrected chi connectivity index (χ1v) is 11.9. The van der Waals surface area contributed by atoms with Crippen LogP contribution in [0.15, 0.2) is 52.6 Å². The molecule has 4 aromatic rings. The molecule has 0 saturated carbocycles. The summed E-state index contributed by atoms with van der Waals surface area (Å²) in [6.45, 7) is 8.97. The topological polar surface area (TPSA) is 52.2 Å². The lowest BCUT2D eigenvalue weighted by Crippen LogP contribution is -2.26. The Hall–Kier alpha value is -3.16. The van der Waals surface area contributed by atoms with Crippen molar-refractivity contribution in [2.75, 3.05) is 13.6 Å². The van der Waals surface area contributed by atoms with Gasteiger partial charge in [0.2, 0.25) is 0 Å². The third-order valence-corrected chi connectivity index (χ3v) is 7.28. The van der Waals surface area contributed by atoms with Crippen molar-refractivity contribution >= 4 is 17.1 Å². The summed E-state index contributed by atoms with van der Waals surface area (Å²) in [7, 11) is 3.85. The summed E-state index contributed by atoms with van der Waals surface area (Å²) in [5.74, 6) is 0.0584. The van der Waals surface area contributed by atoms with Gasteiger partial charge < -0.3 is 4.57 Å². The second kappa shape index (κ2) is 9.00. The summed E-state index contributed by atoms with van der Waals surface area (Å²) in [5.41, 5.74) is 5.72. The Morgan fingerprint density at radius 3 is 2.36 bits per heavy atom. The SMILES string of the molecule is Cc1ccsc1CN(C)CC(=O)c1cc(C)n(-c2c(C)n(C)n(-c3ccccc3)c2=O)c1C. The summed E-state index contributed by atoms with van der Waals surface area (Å²) in [6.07, 6.45) is 0. The minimum absolute atomic E-state index is 0.0584. The molecule has 0 amide bonds. The van der Waals surface area contributed by atoms with Crippen LogP contribution in [0.5, 0.6) is 0 Å². The smallest absolute Gasteiger partial charge is 0.295 e. The van der Waals surface area contributed by atoms with Gasteiger partial charge in [0.15, 0.2) is 5.78 Å². The standard InChI is InChI=1S/C26H30N4O2S/c1-17-12-13-33-24(17)16-27(5)15-23(31)22-14-18(2)29(19(22)3)25-20(4)28(6)30(26(25)32)21-10-8-7-9-11-21/h7-14H,15-16H2,1-6H3. The van der Waals surface area contributed by atoms with Gasteiger partial charge in [-0.05, 0) is 70.0 Å². The summed E-state index contributed by atoms with van der Waals surface area (Å²) in [4.78, 5) is 30.0. The molecule has 7 heteroatoms. The molecule has 1 aromatic carbocycles. The van der Waals surface area contributed by atoms with Gasteiger partial charge in [0.25, 0.3) is 5.56 Å². The molecule has 0 saturated heterocycles. The van der Waals surface area contributed by atoms with Gasteiger partial charge in [0.05, 0.1) is 17.9 Å². The van der Waals surface area contributed by atoms with E-state index in [0.29, 0.717) is 17.8 Å². The van der Waals surface area contributed by atoms with E-state index in [1.54, 1.807) is 16.0 Å². The number of nitrogens with zero attached hydrogens (tertiary/aromatic N) is 4. The van der Waals surface area contributed by atoms with E-state index in [4.69, 9.17) is 0 Å². The van der Waals surface area contributed by atoms with Crippen molar-refractivity contribution in [2.24, 2.45) is 7.05 Å². The first-order valence-electron chi connectivity index (χ1n) is 11.0. The van der Waals surface area contributed by atoms with E-state index in [1.165, 1.54) is 10.4 Å². The Labute approximate surface area is 198 Å². The Morgan fingerprint density at radius 1 is 1.03 bits per heavy atom. The average molecular weight is 463 g/mol. The highest BCUT2D eigenvalue weighted by Crippen LogP contribution is 2.23. The number of Topliss-reactive ketones (excluding diaryl/α,β-unsaturated/α-hetero) is 1. The molecule has 3 aromatic heterocycles. The third-order valence-electron chi connectivity index (χ3n) is 6.27. The fraction of sp³-hybridized carbons (Fsp3) is 0.308. The number of likely N-dealkylation sites (N-methyl/N-ethyl adjacent to an activating group) is 1. The first kappa shape index (κ1) is 23.0. The van der Waals surface area contributed by atoms with Crippen molar-refractivity contribution in [3.8, 4) is 11.4 Å². The molecular formula is C26H30N4O2S. The van der Waals surface area contributed by atoms with E-state index in [-0.39, 0.29) is 11.3 Å². The van der Waals surface area contributed by atoms with Crippen LogP contribution in [0.3, 0.4) is 0 Å². The molecule has 0 aliphatic rings. The zero-order valence-electron chi connectivity index (χ0n) is 20.0. The van der Waals surface area contributed by atoms with Gasteiger partial charge in [-0.2, -0.15) is 0 Å². The first-order chi connectivity index (χ1) is 15.7. The molecule has 0 spiro atoms. The van der Waals surface area contributed by atoms with Crippen LogP contribution in [0.25, 0.3) is 11.4 Å². The zero-order chi connectivity index (χ0) is 23.9. The number of benzene rings is 1.